The van der Waals surface area contributed by atoms with E-state index >= 15 is 0 Å². The summed E-state index contributed by atoms with van der Waals surface area (Å²) in [4.78, 5) is 4.05. The first kappa shape index (κ1) is 11.4. The molecule has 1 heterocycles. The zero-order valence-corrected chi connectivity index (χ0v) is 9.61. The number of hydrogen-bond donors (Lipinski definition) is 0. The fraction of sp³-hybridized carbons (Fsp3) is 0.154. The second-order valence-corrected chi connectivity index (χ2v) is 3.41. The minimum Gasteiger partial charge on any atom is -0.491 e. The summed E-state index contributed by atoms with van der Waals surface area (Å²) in [7, 11) is 3.08. The standard InChI is InChI=1S/C13H12FNO2/c1-16-12-11(7-8-15-13(12)17-2)9-3-5-10(14)6-4-9/h3-8H,1-2H3. The SMILES string of the molecule is COc1nccc(-c2ccc(F)cc2)c1OC. The molecule has 0 unspecified atom stereocenters. The van der Waals surface area contributed by atoms with Gasteiger partial charge in [0.2, 0.25) is 0 Å². The van der Waals surface area contributed by atoms with E-state index in [0.29, 0.717) is 11.6 Å². The average molecular weight is 233 g/mol. The van der Waals surface area contributed by atoms with Crippen molar-refractivity contribution in [2.24, 2.45) is 0 Å². The average Bonchev–Trinajstić information content (AvgIpc) is 2.38. The molecule has 4 heteroatoms. The number of benzene rings is 1. The Morgan fingerprint density at radius 3 is 2.29 bits per heavy atom. The van der Waals surface area contributed by atoms with E-state index in [4.69, 9.17) is 9.47 Å². The molecule has 0 fully saturated rings. The number of aromatic nitrogens is 1. The van der Waals surface area contributed by atoms with Crippen molar-refractivity contribution in [2.75, 3.05) is 14.2 Å². The van der Waals surface area contributed by atoms with Crippen LogP contribution >= 0.6 is 0 Å². The van der Waals surface area contributed by atoms with Gasteiger partial charge in [-0.2, -0.15) is 0 Å². The van der Waals surface area contributed by atoms with Gasteiger partial charge in [-0.25, -0.2) is 9.37 Å². The summed E-state index contributed by atoms with van der Waals surface area (Å²) in [6, 6.07) is 7.98. The Balaban J connectivity index is 2.54. The third kappa shape index (κ3) is 2.20. The third-order valence-corrected chi connectivity index (χ3v) is 2.42. The molecule has 0 radical (unpaired) electrons. The van der Waals surface area contributed by atoms with Gasteiger partial charge in [-0.1, -0.05) is 12.1 Å². The maximum atomic E-state index is 12.9. The summed E-state index contributed by atoms with van der Waals surface area (Å²) >= 11 is 0. The highest BCUT2D eigenvalue weighted by Crippen LogP contribution is 2.35. The number of hydrogen-bond acceptors (Lipinski definition) is 3. The Hall–Kier alpha value is -2.10. The van der Waals surface area contributed by atoms with Gasteiger partial charge in [0, 0.05) is 11.8 Å². The molecule has 0 amide bonds. The summed E-state index contributed by atoms with van der Waals surface area (Å²) < 4.78 is 23.2. The van der Waals surface area contributed by atoms with Gasteiger partial charge < -0.3 is 9.47 Å². The molecule has 0 spiro atoms. The Morgan fingerprint density at radius 2 is 1.71 bits per heavy atom. The van der Waals surface area contributed by atoms with Crippen molar-refractivity contribution in [3.8, 4) is 22.8 Å². The lowest BCUT2D eigenvalue weighted by Gasteiger charge is -2.11. The molecule has 0 N–H and O–H groups in total. The summed E-state index contributed by atoms with van der Waals surface area (Å²) in [6.45, 7) is 0. The van der Waals surface area contributed by atoms with E-state index in [1.54, 1.807) is 31.5 Å². The van der Waals surface area contributed by atoms with E-state index in [9.17, 15) is 4.39 Å². The van der Waals surface area contributed by atoms with Crippen LogP contribution in [-0.2, 0) is 0 Å². The van der Waals surface area contributed by atoms with Crippen LogP contribution in [0, 0.1) is 5.82 Å². The van der Waals surface area contributed by atoms with Crippen LogP contribution in [0.15, 0.2) is 36.5 Å². The van der Waals surface area contributed by atoms with Crippen LogP contribution in [-0.4, -0.2) is 19.2 Å². The number of halogens is 1. The van der Waals surface area contributed by atoms with Gasteiger partial charge in [0.1, 0.15) is 5.82 Å². The lowest BCUT2D eigenvalue weighted by atomic mass is 10.1. The highest BCUT2D eigenvalue weighted by Gasteiger charge is 2.12. The third-order valence-electron chi connectivity index (χ3n) is 2.42. The number of pyridine rings is 1. The summed E-state index contributed by atoms with van der Waals surface area (Å²) in [5.41, 5.74) is 1.67. The van der Waals surface area contributed by atoms with Gasteiger partial charge >= 0.3 is 0 Å². The first-order valence-electron chi connectivity index (χ1n) is 5.09. The van der Waals surface area contributed by atoms with Crippen molar-refractivity contribution in [1.29, 1.82) is 0 Å². The van der Waals surface area contributed by atoms with E-state index in [2.05, 4.69) is 4.98 Å². The van der Waals surface area contributed by atoms with Crippen LogP contribution in [0.25, 0.3) is 11.1 Å². The van der Waals surface area contributed by atoms with Gasteiger partial charge in [-0.3, -0.25) is 0 Å². The molecule has 0 saturated heterocycles. The molecule has 0 bridgehead atoms. The number of ether oxygens (including phenoxy) is 2. The Morgan fingerprint density at radius 1 is 1.00 bits per heavy atom. The molecule has 2 rings (SSSR count). The second-order valence-electron chi connectivity index (χ2n) is 3.41. The summed E-state index contributed by atoms with van der Waals surface area (Å²) in [6.07, 6.45) is 1.63. The predicted octanol–water partition coefficient (Wildman–Crippen LogP) is 2.90. The normalized spacial score (nSPS) is 10.1. The molecule has 1 aromatic heterocycles. The van der Waals surface area contributed by atoms with Gasteiger partial charge in [0.05, 0.1) is 14.2 Å². The zero-order valence-electron chi connectivity index (χ0n) is 9.61. The summed E-state index contributed by atoms with van der Waals surface area (Å²) in [5, 5.41) is 0. The first-order valence-corrected chi connectivity index (χ1v) is 5.09. The molecule has 17 heavy (non-hydrogen) atoms. The monoisotopic (exact) mass is 233 g/mol. The number of methoxy groups -OCH3 is 2. The molecule has 0 atom stereocenters. The fourth-order valence-corrected chi connectivity index (χ4v) is 1.63. The molecule has 0 aliphatic rings. The van der Waals surface area contributed by atoms with Crippen molar-refractivity contribution in [1.82, 2.24) is 4.98 Å². The van der Waals surface area contributed by atoms with E-state index < -0.39 is 0 Å². The van der Waals surface area contributed by atoms with Crippen LogP contribution in [0.1, 0.15) is 0 Å². The van der Waals surface area contributed by atoms with Gasteiger partial charge in [-0.05, 0) is 23.8 Å². The molecular weight excluding hydrogens is 221 g/mol. The Kier molecular flexibility index (Phi) is 3.23. The largest absolute Gasteiger partial charge is 0.491 e. The molecular formula is C13H12FNO2. The Bertz CT molecular complexity index is 511. The quantitative estimate of drug-likeness (QED) is 0.816. The molecule has 0 aliphatic heterocycles. The summed E-state index contributed by atoms with van der Waals surface area (Å²) in [5.74, 6) is 0.685. The van der Waals surface area contributed by atoms with Crippen molar-refractivity contribution in [3.05, 3.63) is 42.3 Å². The van der Waals surface area contributed by atoms with Crippen LogP contribution < -0.4 is 9.47 Å². The molecule has 88 valence electrons. The van der Waals surface area contributed by atoms with E-state index in [-0.39, 0.29) is 5.82 Å². The minimum absolute atomic E-state index is 0.270. The van der Waals surface area contributed by atoms with Gasteiger partial charge in [0.25, 0.3) is 5.88 Å². The highest BCUT2D eigenvalue weighted by molar-refractivity contribution is 5.72. The smallest absolute Gasteiger partial charge is 0.257 e. The lowest BCUT2D eigenvalue weighted by Crippen LogP contribution is -1.95. The van der Waals surface area contributed by atoms with Crippen molar-refractivity contribution in [2.45, 2.75) is 0 Å². The fourth-order valence-electron chi connectivity index (χ4n) is 1.63. The topological polar surface area (TPSA) is 31.4 Å². The second kappa shape index (κ2) is 4.82. The number of rotatable bonds is 3. The predicted molar refractivity (Wildman–Crippen MR) is 62.7 cm³/mol. The van der Waals surface area contributed by atoms with Crippen molar-refractivity contribution in [3.63, 3.8) is 0 Å². The number of nitrogens with zero attached hydrogens (tertiary/aromatic N) is 1. The van der Waals surface area contributed by atoms with Crippen molar-refractivity contribution < 1.29 is 13.9 Å². The molecule has 3 nitrogen and oxygen atoms in total. The Labute approximate surface area is 98.8 Å². The molecule has 0 aliphatic carbocycles. The minimum atomic E-state index is -0.270. The first-order chi connectivity index (χ1) is 8.26. The van der Waals surface area contributed by atoms with Crippen LogP contribution in [0.5, 0.6) is 11.6 Å². The zero-order chi connectivity index (χ0) is 12.3. The van der Waals surface area contributed by atoms with Crippen LogP contribution in [0.4, 0.5) is 4.39 Å². The van der Waals surface area contributed by atoms with Gasteiger partial charge in [-0.15, -0.1) is 0 Å². The van der Waals surface area contributed by atoms with E-state index in [1.807, 2.05) is 0 Å². The maximum absolute atomic E-state index is 12.9. The lowest BCUT2D eigenvalue weighted by molar-refractivity contribution is 0.344. The van der Waals surface area contributed by atoms with Crippen LogP contribution in [0.2, 0.25) is 0 Å². The molecule has 1 aromatic carbocycles. The maximum Gasteiger partial charge on any atom is 0.257 e. The van der Waals surface area contributed by atoms with Crippen LogP contribution in [0.3, 0.4) is 0 Å². The van der Waals surface area contributed by atoms with E-state index in [0.717, 1.165) is 11.1 Å². The molecule has 0 saturated carbocycles. The van der Waals surface area contributed by atoms with Gasteiger partial charge in [0.15, 0.2) is 5.75 Å². The highest BCUT2D eigenvalue weighted by atomic mass is 19.1. The van der Waals surface area contributed by atoms with Crippen molar-refractivity contribution >= 4 is 0 Å². The van der Waals surface area contributed by atoms with E-state index in [1.165, 1.54) is 19.2 Å². The molecule has 2 aromatic rings.